The van der Waals surface area contributed by atoms with E-state index in [0.717, 1.165) is 5.56 Å². The van der Waals surface area contributed by atoms with Crippen LogP contribution in [0.3, 0.4) is 0 Å². The molecule has 0 saturated heterocycles. The lowest BCUT2D eigenvalue weighted by molar-refractivity contribution is -0.140. The maximum absolute atomic E-state index is 11.3. The highest BCUT2D eigenvalue weighted by Crippen LogP contribution is 2.29. The third-order valence-corrected chi connectivity index (χ3v) is 3.16. The average Bonchev–Trinajstić information content (AvgIpc) is 2.37. The van der Waals surface area contributed by atoms with Crippen molar-refractivity contribution in [3.8, 4) is 11.5 Å². The molecule has 1 aromatic carbocycles. The molecule has 0 fully saturated rings. The van der Waals surface area contributed by atoms with E-state index in [2.05, 4.69) is 5.32 Å². The number of carbonyl (C=O) groups is 1. The van der Waals surface area contributed by atoms with Gasteiger partial charge in [0.05, 0.1) is 7.11 Å². The van der Waals surface area contributed by atoms with Gasteiger partial charge in [-0.1, -0.05) is 19.9 Å². The van der Waals surface area contributed by atoms with Gasteiger partial charge < -0.3 is 14.9 Å². The minimum Gasteiger partial charge on any atom is -0.504 e. The summed E-state index contributed by atoms with van der Waals surface area (Å²) in [5.41, 5.74) is 0.870. The summed E-state index contributed by atoms with van der Waals surface area (Å²) >= 11 is 0. The second kappa shape index (κ2) is 7.14. The number of methoxy groups -OCH3 is 1. The summed E-state index contributed by atoms with van der Waals surface area (Å²) in [4.78, 5) is 11.3. The zero-order chi connectivity index (χ0) is 15.3. The van der Waals surface area contributed by atoms with Crippen LogP contribution in [0.2, 0.25) is 0 Å². The van der Waals surface area contributed by atoms with Crippen molar-refractivity contribution in [2.75, 3.05) is 7.11 Å². The molecule has 0 heterocycles. The first-order valence-corrected chi connectivity index (χ1v) is 6.70. The molecule has 5 heteroatoms. The Labute approximate surface area is 119 Å². The van der Waals surface area contributed by atoms with Crippen molar-refractivity contribution in [1.29, 1.82) is 0 Å². The van der Waals surface area contributed by atoms with Crippen LogP contribution in [0.1, 0.15) is 38.8 Å². The number of aromatic hydroxyl groups is 1. The number of benzene rings is 1. The Morgan fingerprint density at radius 3 is 2.50 bits per heavy atom. The molecule has 0 aliphatic heterocycles. The molecular formula is C15H23NO4. The van der Waals surface area contributed by atoms with Crippen LogP contribution in [-0.2, 0) is 4.79 Å². The van der Waals surface area contributed by atoms with E-state index in [9.17, 15) is 15.0 Å². The summed E-state index contributed by atoms with van der Waals surface area (Å²) in [5, 5.41) is 21.9. The van der Waals surface area contributed by atoms with Crippen molar-refractivity contribution in [2.24, 2.45) is 5.92 Å². The van der Waals surface area contributed by atoms with Gasteiger partial charge in [-0.05, 0) is 37.0 Å². The highest BCUT2D eigenvalue weighted by Gasteiger charge is 2.21. The SMILES string of the molecule is COc1cc(C(C)NC(CC(C)C)C(=O)O)ccc1O. The third-order valence-electron chi connectivity index (χ3n) is 3.16. The molecule has 0 aliphatic carbocycles. The molecule has 2 unspecified atom stereocenters. The van der Waals surface area contributed by atoms with Gasteiger partial charge in [0, 0.05) is 6.04 Å². The van der Waals surface area contributed by atoms with Gasteiger partial charge in [-0.2, -0.15) is 0 Å². The van der Waals surface area contributed by atoms with E-state index in [-0.39, 0.29) is 11.8 Å². The number of carboxylic acid groups (broad SMARTS) is 1. The van der Waals surface area contributed by atoms with Crippen molar-refractivity contribution in [3.63, 3.8) is 0 Å². The van der Waals surface area contributed by atoms with Crippen molar-refractivity contribution in [2.45, 2.75) is 39.3 Å². The average molecular weight is 281 g/mol. The first kappa shape index (κ1) is 16.3. The van der Waals surface area contributed by atoms with E-state index in [4.69, 9.17) is 4.74 Å². The van der Waals surface area contributed by atoms with Gasteiger partial charge >= 0.3 is 5.97 Å². The van der Waals surface area contributed by atoms with Gasteiger partial charge in [0.15, 0.2) is 11.5 Å². The van der Waals surface area contributed by atoms with Crippen LogP contribution in [0.25, 0.3) is 0 Å². The number of carboxylic acids is 1. The maximum Gasteiger partial charge on any atom is 0.320 e. The molecule has 0 aromatic heterocycles. The quantitative estimate of drug-likeness (QED) is 0.716. The van der Waals surface area contributed by atoms with Crippen LogP contribution in [-0.4, -0.2) is 29.3 Å². The normalized spacial score (nSPS) is 14.1. The Morgan fingerprint density at radius 1 is 1.35 bits per heavy atom. The van der Waals surface area contributed by atoms with Crippen molar-refractivity contribution < 1.29 is 19.7 Å². The monoisotopic (exact) mass is 281 g/mol. The van der Waals surface area contributed by atoms with Crippen LogP contribution >= 0.6 is 0 Å². The van der Waals surface area contributed by atoms with Crippen molar-refractivity contribution >= 4 is 5.97 Å². The number of ether oxygens (including phenoxy) is 1. The summed E-state index contributed by atoms with van der Waals surface area (Å²) in [6.07, 6.45) is 0.564. The van der Waals surface area contributed by atoms with E-state index in [1.807, 2.05) is 20.8 Å². The summed E-state index contributed by atoms with van der Waals surface area (Å²) in [6.45, 7) is 5.87. The van der Waals surface area contributed by atoms with Crippen LogP contribution < -0.4 is 10.1 Å². The number of nitrogens with one attached hydrogen (secondary N) is 1. The molecule has 5 nitrogen and oxygen atoms in total. The molecule has 0 amide bonds. The van der Waals surface area contributed by atoms with Crippen LogP contribution in [0.5, 0.6) is 11.5 Å². The number of aliphatic carboxylic acids is 1. The van der Waals surface area contributed by atoms with Gasteiger partial charge in [-0.3, -0.25) is 10.1 Å². The maximum atomic E-state index is 11.3. The Bertz CT molecular complexity index is 459. The highest BCUT2D eigenvalue weighted by atomic mass is 16.5. The van der Waals surface area contributed by atoms with Gasteiger partial charge in [0.1, 0.15) is 6.04 Å². The second-order valence-electron chi connectivity index (χ2n) is 5.34. The van der Waals surface area contributed by atoms with E-state index >= 15 is 0 Å². The van der Waals surface area contributed by atoms with E-state index in [0.29, 0.717) is 18.1 Å². The van der Waals surface area contributed by atoms with Crippen LogP contribution in [0.15, 0.2) is 18.2 Å². The Balaban J connectivity index is 2.83. The fourth-order valence-corrected chi connectivity index (χ4v) is 2.07. The molecule has 2 atom stereocenters. The van der Waals surface area contributed by atoms with Crippen molar-refractivity contribution in [3.05, 3.63) is 23.8 Å². The molecule has 1 aromatic rings. The van der Waals surface area contributed by atoms with Crippen molar-refractivity contribution in [1.82, 2.24) is 5.32 Å². The Hall–Kier alpha value is -1.75. The molecule has 0 aliphatic rings. The Kier molecular flexibility index (Phi) is 5.82. The van der Waals surface area contributed by atoms with Crippen LogP contribution in [0, 0.1) is 5.92 Å². The molecule has 0 saturated carbocycles. The topological polar surface area (TPSA) is 78.8 Å². The summed E-state index contributed by atoms with van der Waals surface area (Å²) in [7, 11) is 1.48. The smallest absolute Gasteiger partial charge is 0.320 e. The van der Waals surface area contributed by atoms with E-state index < -0.39 is 12.0 Å². The minimum absolute atomic E-state index is 0.0698. The predicted octanol–water partition coefficient (Wildman–Crippen LogP) is 2.55. The molecule has 1 rings (SSSR count). The number of hydrogen-bond acceptors (Lipinski definition) is 4. The number of rotatable bonds is 7. The first-order chi connectivity index (χ1) is 9.35. The standard InChI is InChI=1S/C15H23NO4/c1-9(2)7-12(15(18)19)16-10(3)11-5-6-13(17)14(8-11)20-4/h5-6,8-10,12,16-17H,7H2,1-4H3,(H,18,19). The lowest BCUT2D eigenvalue weighted by Gasteiger charge is -2.22. The molecule has 20 heavy (non-hydrogen) atoms. The Morgan fingerprint density at radius 2 is 2.00 bits per heavy atom. The molecule has 0 spiro atoms. The fraction of sp³-hybridized carbons (Fsp3) is 0.533. The second-order valence-corrected chi connectivity index (χ2v) is 5.34. The van der Waals surface area contributed by atoms with E-state index in [1.54, 1.807) is 18.2 Å². The van der Waals surface area contributed by atoms with Gasteiger partial charge in [-0.15, -0.1) is 0 Å². The molecular weight excluding hydrogens is 258 g/mol. The first-order valence-electron chi connectivity index (χ1n) is 6.70. The molecule has 3 N–H and O–H groups in total. The minimum atomic E-state index is -0.851. The van der Waals surface area contributed by atoms with Gasteiger partial charge in [0.2, 0.25) is 0 Å². The summed E-state index contributed by atoms with van der Waals surface area (Å²) in [5.74, 6) is -0.103. The molecule has 0 bridgehead atoms. The largest absolute Gasteiger partial charge is 0.504 e. The molecule has 112 valence electrons. The zero-order valence-electron chi connectivity index (χ0n) is 12.4. The third kappa shape index (κ3) is 4.42. The number of hydrogen-bond donors (Lipinski definition) is 3. The number of phenols is 1. The summed E-state index contributed by atoms with van der Waals surface area (Å²) in [6, 6.07) is 4.27. The van der Waals surface area contributed by atoms with Crippen LogP contribution in [0.4, 0.5) is 0 Å². The molecule has 0 radical (unpaired) electrons. The lowest BCUT2D eigenvalue weighted by atomic mass is 10.0. The zero-order valence-corrected chi connectivity index (χ0v) is 12.4. The highest BCUT2D eigenvalue weighted by molar-refractivity contribution is 5.73. The van der Waals surface area contributed by atoms with E-state index in [1.165, 1.54) is 7.11 Å². The fourth-order valence-electron chi connectivity index (χ4n) is 2.07. The number of phenolic OH excluding ortho intramolecular Hbond substituents is 1. The van der Waals surface area contributed by atoms with Gasteiger partial charge in [0.25, 0.3) is 0 Å². The van der Waals surface area contributed by atoms with Gasteiger partial charge in [-0.25, -0.2) is 0 Å². The predicted molar refractivity (Wildman–Crippen MR) is 77.1 cm³/mol. The lowest BCUT2D eigenvalue weighted by Crippen LogP contribution is -2.39. The summed E-state index contributed by atoms with van der Waals surface area (Å²) < 4.78 is 5.06.